The molecule has 0 aromatic heterocycles. The minimum absolute atomic E-state index is 0.0489. The van der Waals surface area contributed by atoms with Crippen LogP contribution in [0.1, 0.15) is 46.6 Å². The highest BCUT2D eigenvalue weighted by Crippen LogP contribution is 2.36. The Balaban J connectivity index is 1.93. The molecule has 2 aromatic rings. The van der Waals surface area contributed by atoms with Crippen LogP contribution in [0.3, 0.4) is 0 Å². The van der Waals surface area contributed by atoms with Gasteiger partial charge in [-0.2, -0.15) is 0 Å². The van der Waals surface area contributed by atoms with Crippen LogP contribution < -0.4 is 10.1 Å². The lowest BCUT2D eigenvalue weighted by Crippen LogP contribution is -2.24. The van der Waals surface area contributed by atoms with E-state index in [0.29, 0.717) is 10.2 Å². The van der Waals surface area contributed by atoms with E-state index in [4.69, 9.17) is 4.74 Å². The molecule has 146 valence electrons. The van der Waals surface area contributed by atoms with E-state index in [-0.39, 0.29) is 23.1 Å². The van der Waals surface area contributed by atoms with E-state index in [2.05, 4.69) is 55.9 Å². The zero-order chi connectivity index (χ0) is 20.2. The fourth-order valence-electron chi connectivity index (χ4n) is 3.36. The molecule has 0 unspecified atom stereocenters. The molecule has 0 saturated carbocycles. The summed E-state index contributed by atoms with van der Waals surface area (Å²) >= 11 is 3.18. The molecule has 0 atom stereocenters. The van der Waals surface area contributed by atoms with E-state index in [0.717, 1.165) is 6.42 Å². The van der Waals surface area contributed by atoms with Crippen molar-refractivity contribution in [3.63, 3.8) is 0 Å². The average molecular weight is 436 g/mol. The van der Waals surface area contributed by atoms with E-state index in [9.17, 15) is 9.18 Å². The number of benzene rings is 2. The summed E-state index contributed by atoms with van der Waals surface area (Å²) in [4.78, 5) is 12.0. The Kier molecular flexibility index (Phi) is 6.68. The number of rotatable bonds is 6. The van der Waals surface area contributed by atoms with Crippen LogP contribution in [-0.4, -0.2) is 12.5 Å². The molecule has 0 aliphatic heterocycles. The minimum Gasteiger partial charge on any atom is -0.484 e. The van der Waals surface area contributed by atoms with Gasteiger partial charge in [-0.1, -0.05) is 62.7 Å². The van der Waals surface area contributed by atoms with Crippen LogP contribution in [-0.2, 0) is 10.2 Å². The quantitative estimate of drug-likeness (QED) is 0.576. The average Bonchev–Trinajstić information content (AvgIpc) is 2.54. The first-order valence-corrected chi connectivity index (χ1v) is 9.74. The second kappa shape index (κ2) is 8.42. The summed E-state index contributed by atoms with van der Waals surface area (Å²) in [5.41, 5.74) is 1.64. The maximum absolute atomic E-state index is 13.8. The number of amides is 1. The SMILES string of the molecule is CC(C)(C)CC(C)(C)c1ccc(OCC(=O)Nc2ccc(Br)cc2F)cc1. The highest BCUT2D eigenvalue weighted by Gasteiger charge is 2.27. The van der Waals surface area contributed by atoms with Crippen molar-refractivity contribution >= 4 is 27.5 Å². The van der Waals surface area contributed by atoms with Gasteiger partial charge in [0.1, 0.15) is 11.6 Å². The van der Waals surface area contributed by atoms with Gasteiger partial charge in [0, 0.05) is 4.47 Å². The molecule has 2 rings (SSSR count). The third-order valence-electron chi connectivity index (χ3n) is 4.18. The molecule has 0 saturated heterocycles. The Labute approximate surface area is 169 Å². The summed E-state index contributed by atoms with van der Waals surface area (Å²) in [5.74, 6) is -0.298. The molecule has 1 amide bonds. The molecule has 0 aliphatic carbocycles. The van der Waals surface area contributed by atoms with Crippen molar-refractivity contribution in [1.29, 1.82) is 0 Å². The zero-order valence-corrected chi connectivity index (χ0v) is 18.1. The lowest BCUT2D eigenvalue weighted by molar-refractivity contribution is -0.118. The molecule has 0 aliphatic rings. The van der Waals surface area contributed by atoms with Gasteiger partial charge in [0.15, 0.2) is 6.61 Å². The van der Waals surface area contributed by atoms with E-state index < -0.39 is 11.7 Å². The maximum atomic E-state index is 13.8. The van der Waals surface area contributed by atoms with Gasteiger partial charge in [-0.3, -0.25) is 4.79 Å². The summed E-state index contributed by atoms with van der Waals surface area (Å²) in [6, 6.07) is 12.3. The molecule has 0 radical (unpaired) electrons. The Morgan fingerprint density at radius 2 is 1.70 bits per heavy atom. The minimum atomic E-state index is -0.497. The maximum Gasteiger partial charge on any atom is 0.262 e. The first-order chi connectivity index (χ1) is 12.5. The molecule has 5 heteroatoms. The van der Waals surface area contributed by atoms with Crippen molar-refractivity contribution in [1.82, 2.24) is 0 Å². The van der Waals surface area contributed by atoms with Crippen LogP contribution in [0.4, 0.5) is 10.1 Å². The number of halogens is 2. The first-order valence-electron chi connectivity index (χ1n) is 8.94. The van der Waals surface area contributed by atoms with Crippen LogP contribution in [0.25, 0.3) is 0 Å². The summed E-state index contributed by atoms with van der Waals surface area (Å²) in [6.07, 6.45) is 1.06. The number of hydrogen-bond acceptors (Lipinski definition) is 2. The van der Waals surface area contributed by atoms with Gasteiger partial charge in [0.25, 0.3) is 5.91 Å². The predicted molar refractivity (Wildman–Crippen MR) is 112 cm³/mol. The van der Waals surface area contributed by atoms with Gasteiger partial charge in [0.05, 0.1) is 5.69 Å². The summed E-state index contributed by atoms with van der Waals surface area (Å²) in [5, 5.41) is 2.51. The molecule has 1 N–H and O–H groups in total. The number of anilines is 1. The third-order valence-corrected chi connectivity index (χ3v) is 4.68. The largest absolute Gasteiger partial charge is 0.484 e. The van der Waals surface area contributed by atoms with Gasteiger partial charge < -0.3 is 10.1 Å². The lowest BCUT2D eigenvalue weighted by Gasteiger charge is -2.33. The van der Waals surface area contributed by atoms with Crippen LogP contribution in [0.15, 0.2) is 46.9 Å². The summed E-state index contributed by atoms with van der Waals surface area (Å²) in [6.45, 7) is 11.0. The van der Waals surface area contributed by atoms with Crippen molar-refractivity contribution in [3.05, 3.63) is 58.3 Å². The lowest BCUT2D eigenvalue weighted by atomic mass is 9.72. The van der Waals surface area contributed by atoms with Crippen LogP contribution >= 0.6 is 15.9 Å². The van der Waals surface area contributed by atoms with E-state index in [1.54, 1.807) is 6.07 Å². The topological polar surface area (TPSA) is 38.3 Å². The smallest absolute Gasteiger partial charge is 0.262 e. The van der Waals surface area contributed by atoms with E-state index in [1.165, 1.54) is 17.7 Å². The molecule has 2 aromatic carbocycles. The number of carbonyl (C=O) groups is 1. The molecule has 0 heterocycles. The molecule has 0 spiro atoms. The van der Waals surface area contributed by atoms with Crippen LogP contribution in [0.2, 0.25) is 0 Å². The number of nitrogens with one attached hydrogen (secondary N) is 1. The fourth-order valence-corrected chi connectivity index (χ4v) is 3.69. The standard InChI is InChI=1S/C22H27BrFNO2/c1-21(2,3)14-22(4,5)15-6-9-17(10-7-15)27-13-20(26)25-19-11-8-16(23)12-18(19)24/h6-12H,13-14H2,1-5H3,(H,25,26). The fraction of sp³-hybridized carbons (Fsp3) is 0.409. The van der Waals surface area contributed by atoms with Gasteiger partial charge in [-0.15, -0.1) is 0 Å². The molecular formula is C22H27BrFNO2. The molecule has 3 nitrogen and oxygen atoms in total. The Morgan fingerprint density at radius 3 is 2.26 bits per heavy atom. The van der Waals surface area contributed by atoms with Crippen molar-refractivity contribution in [3.8, 4) is 5.75 Å². The molecule has 0 bridgehead atoms. The number of hydrogen-bond donors (Lipinski definition) is 1. The van der Waals surface area contributed by atoms with Gasteiger partial charge in [0.2, 0.25) is 0 Å². The van der Waals surface area contributed by atoms with Crippen LogP contribution in [0.5, 0.6) is 5.75 Å². The molecular weight excluding hydrogens is 409 g/mol. The highest BCUT2D eigenvalue weighted by molar-refractivity contribution is 9.10. The summed E-state index contributed by atoms with van der Waals surface area (Å²) < 4.78 is 19.9. The van der Waals surface area contributed by atoms with Crippen LogP contribution in [0, 0.1) is 11.2 Å². The first kappa shape index (κ1) is 21.4. The van der Waals surface area contributed by atoms with E-state index in [1.807, 2.05) is 24.3 Å². The normalized spacial score (nSPS) is 12.0. The predicted octanol–water partition coefficient (Wildman–Crippen LogP) is 6.32. The van der Waals surface area contributed by atoms with Gasteiger partial charge in [-0.05, 0) is 53.1 Å². The highest BCUT2D eigenvalue weighted by atomic mass is 79.9. The van der Waals surface area contributed by atoms with Crippen molar-refractivity contribution in [2.24, 2.45) is 5.41 Å². The third kappa shape index (κ3) is 6.65. The zero-order valence-electron chi connectivity index (χ0n) is 16.5. The monoisotopic (exact) mass is 435 g/mol. The second-order valence-electron chi connectivity index (χ2n) is 8.61. The Morgan fingerprint density at radius 1 is 1.07 bits per heavy atom. The summed E-state index contributed by atoms with van der Waals surface area (Å²) in [7, 11) is 0. The van der Waals surface area contributed by atoms with Crippen molar-refractivity contribution in [2.45, 2.75) is 46.5 Å². The molecule has 0 fully saturated rings. The molecule has 27 heavy (non-hydrogen) atoms. The second-order valence-corrected chi connectivity index (χ2v) is 9.52. The Hall–Kier alpha value is -1.88. The van der Waals surface area contributed by atoms with Gasteiger partial charge in [-0.25, -0.2) is 4.39 Å². The number of ether oxygens (including phenoxy) is 1. The van der Waals surface area contributed by atoms with Crippen molar-refractivity contribution in [2.75, 3.05) is 11.9 Å². The van der Waals surface area contributed by atoms with Gasteiger partial charge >= 0.3 is 0 Å². The number of carbonyl (C=O) groups excluding carboxylic acids is 1. The van der Waals surface area contributed by atoms with E-state index >= 15 is 0 Å². The van der Waals surface area contributed by atoms with Crippen molar-refractivity contribution < 1.29 is 13.9 Å². The Bertz CT molecular complexity index is 795.